The number of phenols is 1. The molecule has 0 fully saturated rings. The van der Waals surface area contributed by atoms with E-state index in [2.05, 4.69) is 15.5 Å². The highest BCUT2D eigenvalue weighted by Crippen LogP contribution is 2.41. The number of hydrogen-bond donors (Lipinski definition) is 3. The number of hydrogen-bond acceptors (Lipinski definition) is 7. The zero-order valence-electron chi connectivity index (χ0n) is 20.8. The summed E-state index contributed by atoms with van der Waals surface area (Å²) in [6.07, 6.45) is 0.299. The van der Waals surface area contributed by atoms with Gasteiger partial charge in [-0.3, -0.25) is 9.35 Å². The van der Waals surface area contributed by atoms with Crippen LogP contribution < -0.4 is 10.1 Å². The van der Waals surface area contributed by atoms with E-state index in [-0.39, 0.29) is 22.0 Å². The molecule has 39 heavy (non-hydrogen) atoms. The van der Waals surface area contributed by atoms with Crippen LogP contribution in [-0.4, -0.2) is 30.6 Å². The van der Waals surface area contributed by atoms with Crippen molar-refractivity contribution in [3.05, 3.63) is 81.8 Å². The topological polar surface area (TPSA) is 138 Å². The van der Waals surface area contributed by atoms with Crippen LogP contribution in [0.15, 0.2) is 75.8 Å². The van der Waals surface area contributed by atoms with Gasteiger partial charge in [-0.05, 0) is 48.6 Å². The zero-order valence-corrected chi connectivity index (χ0v) is 23.1. The molecule has 9 nitrogen and oxygen atoms in total. The standard InChI is InChI=1S/C27H23Cl2N3O6S/c1-3-15-9-10-22(23(29)26(15)39(35,36)37)31-32-24-20-8-6-5-7-16(20)11-21(25(24)33)27(34)30-18-12-17(28)13-19(14-18)38-4-2/h5-14,33H,3-4H2,1-2H3,(H,30,34)(H,35,36,37). The largest absolute Gasteiger partial charge is 0.505 e. The fourth-order valence-corrected chi connectivity index (χ4v) is 5.61. The van der Waals surface area contributed by atoms with Crippen LogP contribution in [0.4, 0.5) is 17.1 Å². The normalized spacial score (nSPS) is 11.7. The number of azo groups is 1. The molecule has 12 heteroatoms. The predicted molar refractivity (Wildman–Crippen MR) is 151 cm³/mol. The van der Waals surface area contributed by atoms with Gasteiger partial charge < -0.3 is 15.2 Å². The number of carbonyl (C=O) groups is 1. The first-order chi connectivity index (χ1) is 18.5. The summed E-state index contributed by atoms with van der Waals surface area (Å²) >= 11 is 12.4. The monoisotopic (exact) mass is 587 g/mol. The molecule has 4 aromatic rings. The predicted octanol–water partition coefficient (Wildman–Crippen LogP) is 7.73. The van der Waals surface area contributed by atoms with Gasteiger partial charge in [0, 0.05) is 22.2 Å². The highest BCUT2D eigenvalue weighted by atomic mass is 35.5. The number of aromatic hydroxyl groups is 1. The molecule has 3 N–H and O–H groups in total. The Kier molecular flexibility index (Phi) is 8.41. The minimum atomic E-state index is -4.64. The van der Waals surface area contributed by atoms with Crippen molar-refractivity contribution in [2.75, 3.05) is 11.9 Å². The molecule has 0 aliphatic heterocycles. The molecular weight excluding hydrogens is 565 g/mol. The molecule has 0 unspecified atom stereocenters. The van der Waals surface area contributed by atoms with E-state index in [1.807, 2.05) is 6.92 Å². The van der Waals surface area contributed by atoms with Crippen LogP contribution in [0.2, 0.25) is 10.0 Å². The zero-order chi connectivity index (χ0) is 28.3. The molecule has 1 amide bonds. The first-order valence-corrected chi connectivity index (χ1v) is 13.9. The number of aryl methyl sites for hydroxylation is 1. The molecular formula is C27H23Cl2N3O6S. The minimum absolute atomic E-state index is 0.0385. The summed E-state index contributed by atoms with van der Waals surface area (Å²) in [7, 11) is -4.64. The Morgan fingerprint density at radius 2 is 1.77 bits per heavy atom. The number of nitrogens with zero attached hydrogens (tertiary/aromatic N) is 2. The third kappa shape index (κ3) is 6.15. The SMILES string of the molecule is CCOc1cc(Cl)cc(NC(=O)c2cc3ccccc3c(N=Nc3ccc(CC)c(S(=O)(=O)O)c3Cl)c2O)c1. The lowest BCUT2D eigenvalue weighted by molar-refractivity contribution is 0.102. The van der Waals surface area contributed by atoms with Crippen molar-refractivity contribution < 1.29 is 27.6 Å². The van der Waals surface area contributed by atoms with Crippen LogP contribution in [0, 0.1) is 0 Å². The van der Waals surface area contributed by atoms with Gasteiger partial charge in [0.1, 0.15) is 22.0 Å². The van der Waals surface area contributed by atoms with Crippen molar-refractivity contribution in [1.82, 2.24) is 0 Å². The molecule has 0 spiro atoms. The van der Waals surface area contributed by atoms with Crippen LogP contribution in [0.25, 0.3) is 10.8 Å². The number of rotatable bonds is 8. The van der Waals surface area contributed by atoms with E-state index in [0.717, 1.165) is 0 Å². The first-order valence-electron chi connectivity index (χ1n) is 11.7. The van der Waals surface area contributed by atoms with Crippen molar-refractivity contribution in [2.45, 2.75) is 25.2 Å². The lowest BCUT2D eigenvalue weighted by Gasteiger charge is -2.13. The number of nitrogens with one attached hydrogen (secondary N) is 1. The maximum absolute atomic E-state index is 13.2. The number of benzene rings is 4. The highest BCUT2D eigenvalue weighted by molar-refractivity contribution is 7.86. The molecule has 202 valence electrons. The van der Waals surface area contributed by atoms with E-state index in [4.69, 9.17) is 27.9 Å². The van der Waals surface area contributed by atoms with Gasteiger partial charge in [-0.15, -0.1) is 10.2 Å². The molecule has 0 heterocycles. The maximum atomic E-state index is 13.2. The number of phenolic OH excluding ortho intramolecular Hbond substituents is 1. The Morgan fingerprint density at radius 3 is 2.46 bits per heavy atom. The first kappa shape index (κ1) is 28.3. The fourth-order valence-electron chi connectivity index (χ4n) is 4.00. The molecule has 4 aromatic carbocycles. The van der Waals surface area contributed by atoms with E-state index < -0.39 is 26.7 Å². The Balaban J connectivity index is 1.79. The average molecular weight is 588 g/mol. The van der Waals surface area contributed by atoms with Gasteiger partial charge in [0.25, 0.3) is 16.0 Å². The van der Waals surface area contributed by atoms with Gasteiger partial charge in [-0.2, -0.15) is 8.42 Å². The summed E-state index contributed by atoms with van der Waals surface area (Å²) in [6.45, 7) is 3.94. The average Bonchev–Trinajstić information content (AvgIpc) is 2.87. The Labute approximate surface area is 234 Å². The second kappa shape index (κ2) is 11.6. The van der Waals surface area contributed by atoms with Crippen molar-refractivity contribution >= 4 is 67.1 Å². The molecule has 0 atom stereocenters. The van der Waals surface area contributed by atoms with Crippen molar-refractivity contribution in [2.24, 2.45) is 10.2 Å². The van der Waals surface area contributed by atoms with Crippen LogP contribution in [0.5, 0.6) is 11.5 Å². The molecule has 0 saturated carbocycles. The van der Waals surface area contributed by atoms with E-state index in [9.17, 15) is 22.9 Å². The van der Waals surface area contributed by atoms with Gasteiger partial charge >= 0.3 is 0 Å². The summed E-state index contributed by atoms with van der Waals surface area (Å²) in [4.78, 5) is 12.8. The van der Waals surface area contributed by atoms with Gasteiger partial charge in [0.2, 0.25) is 0 Å². The number of carbonyl (C=O) groups excluding carboxylic acids is 1. The molecule has 0 aliphatic carbocycles. The second-order valence-corrected chi connectivity index (χ2v) is 10.5. The van der Waals surface area contributed by atoms with Gasteiger partial charge in [-0.25, -0.2) is 0 Å². The minimum Gasteiger partial charge on any atom is -0.505 e. The summed E-state index contributed by atoms with van der Waals surface area (Å²) in [6, 6.07) is 16.1. The van der Waals surface area contributed by atoms with Crippen LogP contribution >= 0.6 is 23.2 Å². The lowest BCUT2D eigenvalue weighted by atomic mass is 10.0. The van der Waals surface area contributed by atoms with Crippen molar-refractivity contribution in [3.8, 4) is 11.5 Å². The number of anilines is 1. The molecule has 0 saturated heterocycles. The molecule has 0 aliphatic rings. The number of halogens is 2. The summed E-state index contributed by atoms with van der Waals surface area (Å²) in [5.41, 5.74) is 0.478. The van der Waals surface area contributed by atoms with Crippen LogP contribution in [-0.2, 0) is 16.5 Å². The Hall–Kier alpha value is -3.70. The third-order valence-electron chi connectivity index (χ3n) is 5.73. The van der Waals surface area contributed by atoms with Crippen LogP contribution in [0.1, 0.15) is 29.8 Å². The fraction of sp³-hybridized carbons (Fsp3) is 0.148. The molecule has 0 radical (unpaired) electrons. The van der Waals surface area contributed by atoms with Gasteiger partial charge in [-0.1, -0.05) is 60.5 Å². The number of fused-ring (bicyclic) bond motifs is 1. The second-order valence-electron chi connectivity index (χ2n) is 8.32. The number of amides is 1. The molecule has 0 bridgehead atoms. The summed E-state index contributed by atoms with van der Waals surface area (Å²) in [5.74, 6) is -0.635. The highest BCUT2D eigenvalue weighted by Gasteiger charge is 2.23. The summed E-state index contributed by atoms with van der Waals surface area (Å²) < 4.78 is 39.0. The third-order valence-corrected chi connectivity index (χ3v) is 7.43. The lowest BCUT2D eigenvalue weighted by Crippen LogP contribution is -2.12. The Bertz CT molecular complexity index is 1720. The van der Waals surface area contributed by atoms with E-state index in [0.29, 0.717) is 45.8 Å². The summed E-state index contributed by atoms with van der Waals surface area (Å²) in [5, 5.41) is 23.1. The molecule has 0 aromatic heterocycles. The van der Waals surface area contributed by atoms with Crippen LogP contribution in [0.3, 0.4) is 0 Å². The van der Waals surface area contributed by atoms with Crippen molar-refractivity contribution in [3.63, 3.8) is 0 Å². The van der Waals surface area contributed by atoms with Gasteiger partial charge in [0.05, 0.1) is 17.2 Å². The van der Waals surface area contributed by atoms with Gasteiger partial charge in [0.15, 0.2) is 5.75 Å². The smallest absolute Gasteiger partial charge is 0.296 e. The quantitative estimate of drug-likeness (QED) is 0.142. The maximum Gasteiger partial charge on any atom is 0.296 e. The van der Waals surface area contributed by atoms with E-state index >= 15 is 0 Å². The van der Waals surface area contributed by atoms with E-state index in [1.54, 1.807) is 43.3 Å². The Morgan fingerprint density at radius 1 is 1.03 bits per heavy atom. The molecule has 4 rings (SSSR count). The van der Waals surface area contributed by atoms with E-state index in [1.165, 1.54) is 24.3 Å². The van der Waals surface area contributed by atoms with Crippen molar-refractivity contribution in [1.29, 1.82) is 0 Å². The number of ether oxygens (including phenoxy) is 1.